The number of benzene rings is 1. The number of alkyl carbamates (subject to hydrolysis) is 1. The maximum Gasteiger partial charge on any atom is 0.407 e. The molecule has 2 N–H and O–H groups in total. The van der Waals surface area contributed by atoms with Gasteiger partial charge < -0.3 is 29.5 Å². The van der Waals surface area contributed by atoms with Crippen LogP contribution in [0.25, 0.3) is 5.57 Å². The second-order valence-electron chi connectivity index (χ2n) is 9.33. The first-order valence-corrected chi connectivity index (χ1v) is 11.0. The lowest BCUT2D eigenvalue weighted by Gasteiger charge is -2.44. The number of nitrogens with one attached hydrogen (secondary N) is 1. The fourth-order valence-corrected chi connectivity index (χ4v) is 3.96. The minimum absolute atomic E-state index is 0.0738. The number of aliphatic hydroxyl groups is 1. The van der Waals surface area contributed by atoms with Crippen LogP contribution in [0.1, 0.15) is 45.2 Å². The molecule has 3 rings (SSSR count). The van der Waals surface area contributed by atoms with Crippen molar-refractivity contribution in [3.63, 3.8) is 0 Å². The van der Waals surface area contributed by atoms with E-state index in [0.717, 1.165) is 5.56 Å². The molecule has 0 spiro atoms. The van der Waals surface area contributed by atoms with Gasteiger partial charge in [0.1, 0.15) is 12.3 Å². The molecule has 2 heterocycles. The van der Waals surface area contributed by atoms with Crippen LogP contribution in [-0.4, -0.2) is 59.9 Å². The first-order chi connectivity index (χ1) is 16.0. The van der Waals surface area contributed by atoms with Crippen LogP contribution in [0.2, 0.25) is 0 Å². The quantitative estimate of drug-likeness (QED) is 0.348. The molecule has 3 atom stereocenters. The van der Waals surface area contributed by atoms with Gasteiger partial charge in [-0.25, -0.2) is 9.59 Å². The van der Waals surface area contributed by atoms with Crippen molar-refractivity contribution in [3.8, 4) is 0 Å². The van der Waals surface area contributed by atoms with Crippen molar-refractivity contribution in [3.05, 3.63) is 41.1 Å². The Morgan fingerprint density at radius 3 is 2.35 bits per heavy atom. The molecule has 0 radical (unpaired) electrons. The SMILES string of the molecule is CNC(=O)OCc1ccc(C2=C(C(=O)OCOC(=O)C(C)(C)C)N3C(=O)[C@H]([C@@H](C)O)[C@H]3C2)cc1. The number of nitrogens with zero attached hydrogens (tertiary/aromatic N) is 1. The van der Waals surface area contributed by atoms with Gasteiger partial charge in [-0.2, -0.15) is 0 Å². The van der Waals surface area contributed by atoms with Crippen LogP contribution >= 0.6 is 0 Å². The molecule has 0 bridgehead atoms. The fraction of sp³-hybridized carbons (Fsp3) is 0.500. The number of hydrogen-bond acceptors (Lipinski definition) is 8. The molecule has 1 aromatic rings. The fourth-order valence-electron chi connectivity index (χ4n) is 3.96. The summed E-state index contributed by atoms with van der Waals surface area (Å²) in [6, 6.07) is 6.67. The third kappa shape index (κ3) is 5.06. The summed E-state index contributed by atoms with van der Waals surface area (Å²) in [7, 11) is 1.47. The van der Waals surface area contributed by atoms with E-state index in [4.69, 9.17) is 14.2 Å². The smallest absolute Gasteiger partial charge is 0.407 e. The van der Waals surface area contributed by atoms with Gasteiger partial charge in [0, 0.05) is 7.05 Å². The zero-order valence-electron chi connectivity index (χ0n) is 19.9. The molecule has 10 heteroatoms. The average molecular weight is 475 g/mol. The van der Waals surface area contributed by atoms with Gasteiger partial charge in [0.15, 0.2) is 0 Å². The van der Waals surface area contributed by atoms with Gasteiger partial charge in [0.25, 0.3) is 0 Å². The van der Waals surface area contributed by atoms with E-state index in [2.05, 4.69) is 5.32 Å². The summed E-state index contributed by atoms with van der Waals surface area (Å²) in [6.07, 6.45) is -1.05. The van der Waals surface area contributed by atoms with Crippen LogP contribution in [0.15, 0.2) is 30.0 Å². The number of esters is 2. The molecule has 10 nitrogen and oxygen atoms in total. The predicted octanol–water partition coefficient (Wildman–Crippen LogP) is 1.96. The maximum absolute atomic E-state index is 13.0. The lowest BCUT2D eigenvalue weighted by atomic mass is 9.82. The van der Waals surface area contributed by atoms with Crippen molar-refractivity contribution in [1.29, 1.82) is 0 Å². The standard InChI is InChI=1S/C24H30N2O8/c1-13(27)18-17-10-16(15-8-6-14(7-9-15)11-32-23(31)25-5)19(26(17)20(18)28)21(29)33-12-34-22(30)24(2,3)4/h6-9,13,17-18,27H,10-12H2,1-5H3,(H,25,31)/t13-,17-,18-/m1/s1. The largest absolute Gasteiger partial charge is 0.445 e. The molecule has 1 saturated heterocycles. The molecule has 34 heavy (non-hydrogen) atoms. The van der Waals surface area contributed by atoms with Gasteiger partial charge in [0.05, 0.1) is 23.5 Å². The summed E-state index contributed by atoms with van der Waals surface area (Å²) < 4.78 is 15.2. The predicted molar refractivity (Wildman–Crippen MR) is 120 cm³/mol. The topological polar surface area (TPSA) is 131 Å². The lowest BCUT2D eigenvalue weighted by molar-refractivity contribution is -0.175. The number of carbonyl (C=O) groups is 4. The number of hydrogen-bond donors (Lipinski definition) is 2. The van der Waals surface area contributed by atoms with E-state index in [1.807, 2.05) is 0 Å². The highest BCUT2D eigenvalue weighted by Gasteiger charge is 2.57. The number of carbonyl (C=O) groups excluding carboxylic acids is 4. The summed E-state index contributed by atoms with van der Waals surface area (Å²) >= 11 is 0. The number of fused-ring (bicyclic) bond motifs is 1. The molecule has 2 amide bonds. The first kappa shape index (κ1) is 25.2. The zero-order chi connectivity index (χ0) is 25.2. The number of ether oxygens (including phenoxy) is 3. The van der Waals surface area contributed by atoms with Crippen LogP contribution in [-0.2, 0) is 35.2 Å². The Morgan fingerprint density at radius 2 is 1.79 bits per heavy atom. The van der Waals surface area contributed by atoms with E-state index >= 15 is 0 Å². The Balaban J connectivity index is 1.81. The summed E-state index contributed by atoms with van der Waals surface area (Å²) in [6.45, 7) is 6.08. The van der Waals surface area contributed by atoms with Gasteiger partial charge in [-0.05, 0) is 50.8 Å². The van der Waals surface area contributed by atoms with Gasteiger partial charge in [-0.1, -0.05) is 24.3 Å². The van der Waals surface area contributed by atoms with Gasteiger partial charge >= 0.3 is 18.0 Å². The second-order valence-corrected chi connectivity index (χ2v) is 9.33. The van der Waals surface area contributed by atoms with Crippen molar-refractivity contribution in [1.82, 2.24) is 10.2 Å². The van der Waals surface area contributed by atoms with Crippen molar-refractivity contribution < 1.29 is 38.5 Å². The Morgan fingerprint density at radius 1 is 1.15 bits per heavy atom. The molecule has 0 unspecified atom stereocenters. The van der Waals surface area contributed by atoms with E-state index < -0.39 is 42.3 Å². The normalized spacial score (nSPS) is 20.3. The van der Waals surface area contributed by atoms with Crippen LogP contribution in [0.4, 0.5) is 4.79 Å². The zero-order valence-corrected chi connectivity index (χ0v) is 19.9. The summed E-state index contributed by atoms with van der Waals surface area (Å²) in [5, 5.41) is 12.4. The summed E-state index contributed by atoms with van der Waals surface area (Å²) in [5.74, 6) is -2.28. The van der Waals surface area contributed by atoms with Crippen molar-refractivity contribution in [2.75, 3.05) is 13.8 Å². The molecule has 2 aliphatic rings. The molecular formula is C24H30N2O8. The molecule has 1 fully saturated rings. The van der Waals surface area contributed by atoms with E-state index in [0.29, 0.717) is 17.6 Å². The highest BCUT2D eigenvalue weighted by molar-refractivity contribution is 6.06. The summed E-state index contributed by atoms with van der Waals surface area (Å²) in [5.41, 5.74) is 1.34. The molecular weight excluding hydrogens is 444 g/mol. The number of rotatable bonds is 7. The van der Waals surface area contributed by atoms with Crippen LogP contribution in [0.5, 0.6) is 0 Å². The maximum atomic E-state index is 13.0. The Kier molecular flexibility index (Phi) is 7.30. The number of β-lactam (4-membered cyclic amide) rings is 1. The molecule has 184 valence electrons. The minimum Gasteiger partial charge on any atom is -0.445 e. The van der Waals surface area contributed by atoms with Gasteiger partial charge in [-0.3, -0.25) is 9.59 Å². The first-order valence-electron chi connectivity index (χ1n) is 11.0. The monoisotopic (exact) mass is 474 g/mol. The summed E-state index contributed by atoms with van der Waals surface area (Å²) in [4.78, 5) is 50.2. The number of aliphatic hydroxyl groups excluding tert-OH is 1. The minimum atomic E-state index is -0.859. The highest BCUT2D eigenvalue weighted by atomic mass is 16.7. The third-order valence-corrected chi connectivity index (χ3v) is 5.79. The Hall–Kier alpha value is -3.40. The van der Waals surface area contributed by atoms with Crippen molar-refractivity contribution in [2.45, 2.75) is 52.9 Å². The third-order valence-electron chi connectivity index (χ3n) is 5.79. The number of amides is 2. The van der Waals surface area contributed by atoms with E-state index in [1.165, 1.54) is 11.9 Å². The molecule has 0 aromatic heterocycles. The highest BCUT2D eigenvalue weighted by Crippen LogP contribution is 2.47. The Bertz CT molecular complexity index is 1010. The van der Waals surface area contributed by atoms with E-state index in [-0.39, 0.29) is 24.3 Å². The van der Waals surface area contributed by atoms with E-state index in [1.54, 1.807) is 52.0 Å². The van der Waals surface area contributed by atoms with Crippen LogP contribution < -0.4 is 5.32 Å². The van der Waals surface area contributed by atoms with Crippen molar-refractivity contribution >= 4 is 29.5 Å². The van der Waals surface area contributed by atoms with Crippen molar-refractivity contribution in [2.24, 2.45) is 11.3 Å². The average Bonchev–Trinajstić information content (AvgIpc) is 3.11. The molecule has 1 aromatic carbocycles. The lowest BCUT2D eigenvalue weighted by Crippen LogP contribution is -2.61. The molecule has 2 aliphatic heterocycles. The van der Waals surface area contributed by atoms with Crippen LogP contribution in [0, 0.1) is 11.3 Å². The van der Waals surface area contributed by atoms with Gasteiger partial charge in [0.2, 0.25) is 12.7 Å². The van der Waals surface area contributed by atoms with Crippen LogP contribution in [0.3, 0.4) is 0 Å². The Labute approximate surface area is 197 Å². The van der Waals surface area contributed by atoms with Gasteiger partial charge in [-0.15, -0.1) is 0 Å². The van der Waals surface area contributed by atoms with E-state index in [9.17, 15) is 24.3 Å². The molecule has 0 aliphatic carbocycles. The second kappa shape index (κ2) is 9.84. The molecule has 0 saturated carbocycles.